The van der Waals surface area contributed by atoms with Crippen LogP contribution in [0, 0.1) is 32.1 Å². The van der Waals surface area contributed by atoms with E-state index in [1.807, 2.05) is 63.2 Å². The van der Waals surface area contributed by atoms with Crippen molar-refractivity contribution in [3.05, 3.63) is 105 Å². The lowest BCUT2D eigenvalue weighted by Gasteiger charge is -2.28. The summed E-state index contributed by atoms with van der Waals surface area (Å²) in [6.45, 7) is 7.71. The van der Waals surface area contributed by atoms with Gasteiger partial charge in [-0.1, -0.05) is 36.0 Å². The van der Waals surface area contributed by atoms with E-state index < -0.39 is 5.92 Å². The molecule has 0 spiro atoms. The number of thioether (sulfide) groups is 1. The molecule has 2 heterocycles. The van der Waals surface area contributed by atoms with Gasteiger partial charge in [-0.25, -0.2) is 0 Å². The van der Waals surface area contributed by atoms with Gasteiger partial charge in [-0.05, 0) is 74.7 Å². The maximum absolute atomic E-state index is 13.5. The van der Waals surface area contributed by atoms with Crippen molar-refractivity contribution in [3.63, 3.8) is 0 Å². The molecule has 8 heteroatoms. The van der Waals surface area contributed by atoms with Gasteiger partial charge in [0.1, 0.15) is 5.76 Å². The highest BCUT2D eigenvalue weighted by atomic mass is 32.2. The Balaban J connectivity index is 1.58. The highest BCUT2D eigenvalue weighted by Gasteiger charge is 2.36. The van der Waals surface area contributed by atoms with Gasteiger partial charge in [0, 0.05) is 17.1 Å². The minimum absolute atomic E-state index is 0.0866. The van der Waals surface area contributed by atoms with Crippen LogP contribution < -0.4 is 16.0 Å². The fraction of sp³-hybridized carbons (Fsp3) is 0.207. The summed E-state index contributed by atoms with van der Waals surface area (Å²) in [6, 6.07) is 19.0. The Labute approximate surface area is 220 Å². The highest BCUT2D eigenvalue weighted by molar-refractivity contribution is 8.03. The van der Waals surface area contributed by atoms with E-state index >= 15 is 0 Å². The number of nitrogens with one attached hydrogen (secondary N) is 3. The van der Waals surface area contributed by atoms with Crippen LogP contribution >= 0.6 is 11.8 Å². The number of allylic oxidation sites excluding steroid dienone is 2. The molecular formula is C29H28N4O3S. The first-order valence-corrected chi connectivity index (χ1v) is 12.8. The summed E-state index contributed by atoms with van der Waals surface area (Å²) in [5.41, 5.74) is 5.87. The van der Waals surface area contributed by atoms with Gasteiger partial charge in [0.05, 0.1) is 40.2 Å². The largest absolute Gasteiger partial charge is 0.468 e. The zero-order valence-electron chi connectivity index (χ0n) is 21.1. The number of aryl methyl sites for hydroxylation is 3. The lowest BCUT2D eigenvalue weighted by atomic mass is 9.85. The SMILES string of the molecule is CC1=C(C(=O)Nc2ccccc2C)C(c2ccco2)C(C#N)=C(SCC(=O)Nc2ccc(C)c(C)c2)N1. The number of hydrogen-bond donors (Lipinski definition) is 3. The molecule has 7 nitrogen and oxygen atoms in total. The number of benzene rings is 2. The average Bonchev–Trinajstić information content (AvgIpc) is 3.40. The number of para-hydroxylation sites is 1. The van der Waals surface area contributed by atoms with Crippen LogP contribution in [0.2, 0.25) is 0 Å². The molecule has 0 radical (unpaired) electrons. The summed E-state index contributed by atoms with van der Waals surface area (Å²) < 4.78 is 5.67. The Morgan fingerprint density at radius 2 is 1.78 bits per heavy atom. The van der Waals surface area contributed by atoms with Crippen LogP contribution in [-0.4, -0.2) is 17.6 Å². The third kappa shape index (κ3) is 5.79. The minimum atomic E-state index is -0.712. The second kappa shape index (κ2) is 11.2. The van der Waals surface area contributed by atoms with Crippen molar-refractivity contribution in [1.82, 2.24) is 5.32 Å². The van der Waals surface area contributed by atoms with Crippen LogP contribution in [0.3, 0.4) is 0 Å². The van der Waals surface area contributed by atoms with Gasteiger partial charge in [-0.3, -0.25) is 9.59 Å². The number of anilines is 2. The Morgan fingerprint density at radius 1 is 1.00 bits per heavy atom. The maximum Gasteiger partial charge on any atom is 0.254 e. The molecule has 1 aliphatic rings. The summed E-state index contributed by atoms with van der Waals surface area (Å²) >= 11 is 1.22. The quantitative estimate of drug-likeness (QED) is 0.363. The van der Waals surface area contributed by atoms with Crippen LogP contribution in [-0.2, 0) is 9.59 Å². The lowest BCUT2D eigenvalue weighted by molar-refractivity contribution is -0.114. The second-order valence-electron chi connectivity index (χ2n) is 8.87. The van der Waals surface area contributed by atoms with E-state index in [1.54, 1.807) is 19.1 Å². The Bertz CT molecular complexity index is 1450. The number of dihydropyridines is 1. The number of carbonyl (C=O) groups is 2. The molecule has 3 N–H and O–H groups in total. The van der Waals surface area contributed by atoms with Crippen LogP contribution in [0.15, 0.2) is 87.1 Å². The van der Waals surface area contributed by atoms with Crippen LogP contribution in [0.25, 0.3) is 0 Å². The van der Waals surface area contributed by atoms with Crippen LogP contribution in [0.5, 0.6) is 0 Å². The summed E-state index contributed by atoms with van der Waals surface area (Å²) in [7, 11) is 0. The molecule has 0 saturated carbocycles. The number of carbonyl (C=O) groups excluding carboxylic acids is 2. The fourth-order valence-electron chi connectivity index (χ4n) is 4.12. The average molecular weight is 513 g/mol. The molecule has 1 atom stereocenters. The monoisotopic (exact) mass is 512 g/mol. The summed E-state index contributed by atoms with van der Waals surface area (Å²) in [6.07, 6.45) is 1.52. The van der Waals surface area contributed by atoms with E-state index in [9.17, 15) is 14.9 Å². The molecule has 1 aliphatic heterocycles. The number of furan rings is 1. The molecule has 37 heavy (non-hydrogen) atoms. The van der Waals surface area contributed by atoms with Gasteiger partial charge < -0.3 is 20.4 Å². The molecule has 0 saturated heterocycles. The Kier molecular flexibility index (Phi) is 7.85. The molecule has 188 valence electrons. The van der Waals surface area contributed by atoms with Crippen LogP contribution in [0.4, 0.5) is 11.4 Å². The lowest BCUT2D eigenvalue weighted by Crippen LogP contribution is -2.31. The number of amides is 2. The van der Waals surface area contributed by atoms with Crippen molar-refractivity contribution < 1.29 is 14.0 Å². The summed E-state index contributed by atoms with van der Waals surface area (Å²) in [5, 5.41) is 19.7. The van der Waals surface area contributed by atoms with Crippen molar-refractivity contribution in [2.24, 2.45) is 0 Å². The van der Waals surface area contributed by atoms with E-state index in [1.165, 1.54) is 18.0 Å². The Morgan fingerprint density at radius 3 is 2.46 bits per heavy atom. The van der Waals surface area contributed by atoms with Crippen molar-refractivity contribution in [1.29, 1.82) is 5.26 Å². The second-order valence-corrected chi connectivity index (χ2v) is 9.86. The number of nitriles is 1. The molecule has 3 aromatic rings. The number of rotatable bonds is 7. The third-order valence-corrected chi connectivity index (χ3v) is 7.27. The molecule has 2 aromatic carbocycles. The normalized spacial score (nSPS) is 15.2. The molecule has 2 amide bonds. The minimum Gasteiger partial charge on any atom is -0.468 e. The van der Waals surface area contributed by atoms with E-state index in [4.69, 9.17) is 4.42 Å². The van der Waals surface area contributed by atoms with Gasteiger partial charge >= 0.3 is 0 Å². The van der Waals surface area contributed by atoms with Crippen molar-refractivity contribution in [3.8, 4) is 6.07 Å². The third-order valence-electron chi connectivity index (χ3n) is 6.25. The van der Waals surface area contributed by atoms with E-state index in [0.29, 0.717) is 33.3 Å². The molecule has 4 rings (SSSR count). The standard InChI is InChI=1S/C29H28N4O3S/c1-17-11-12-21(14-19(17)3)32-25(34)16-37-29-22(15-30)27(24-10-7-13-36-24)26(20(4)31-29)28(35)33-23-9-6-5-8-18(23)2/h5-14,27,31H,16H2,1-4H3,(H,32,34)(H,33,35). The zero-order valence-corrected chi connectivity index (χ0v) is 22.0. The molecule has 0 fully saturated rings. The smallest absolute Gasteiger partial charge is 0.254 e. The van der Waals surface area contributed by atoms with Crippen LogP contribution in [0.1, 0.15) is 35.3 Å². The Hall–Kier alpha value is -4.22. The van der Waals surface area contributed by atoms with Gasteiger partial charge in [0.25, 0.3) is 5.91 Å². The molecular weight excluding hydrogens is 484 g/mol. The van der Waals surface area contributed by atoms with Gasteiger partial charge in [-0.15, -0.1) is 0 Å². The van der Waals surface area contributed by atoms with Crippen molar-refractivity contribution in [2.75, 3.05) is 16.4 Å². The van der Waals surface area contributed by atoms with Crippen molar-refractivity contribution >= 4 is 35.0 Å². The van der Waals surface area contributed by atoms with Gasteiger partial charge in [0.2, 0.25) is 5.91 Å². The molecule has 1 aromatic heterocycles. The van der Waals surface area contributed by atoms with Crippen molar-refractivity contribution in [2.45, 2.75) is 33.6 Å². The summed E-state index contributed by atoms with van der Waals surface area (Å²) in [4.78, 5) is 26.2. The zero-order chi connectivity index (χ0) is 26.5. The predicted molar refractivity (Wildman–Crippen MR) is 147 cm³/mol. The first-order valence-electron chi connectivity index (χ1n) is 11.8. The van der Waals surface area contributed by atoms with E-state index in [0.717, 1.165) is 22.4 Å². The topological polar surface area (TPSA) is 107 Å². The predicted octanol–water partition coefficient (Wildman–Crippen LogP) is 5.91. The number of nitrogens with zero attached hydrogens (tertiary/aromatic N) is 1. The summed E-state index contributed by atoms with van der Waals surface area (Å²) in [5.74, 6) is -0.673. The molecule has 0 aliphatic carbocycles. The number of hydrogen-bond acceptors (Lipinski definition) is 6. The first-order chi connectivity index (χ1) is 17.8. The first kappa shape index (κ1) is 25.9. The highest BCUT2D eigenvalue weighted by Crippen LogP contribution is 2.41. The van der Waals surface area contributed by atoms with E-state index in [2.05, 4.69) is 22.0 Å². The van der Waals surface area contributed by atoms with E-state index in [-0.39, 0.29) is 17.6 Å². The van der Waals surface area contributed by atoms with Gasteiger partial charge in [-0.2, -0.15) is 5.26 Å². The molecule has 0 bridgehead atoms. The fourth-order valence-corrected chi connectivity index (χ4v) is 5.02. The maximum atomic E-state index is 13.5. The molecule has 1 unspecified atom stereocenters. The van der Waals surface area contributed by atoms with Gasteiger partial charge in [0.15, 0.2) is 0 Å².